The molecule has 0 radical (unpaired) electrons. The van der Waals surface area contributed by atoms with Crippen molar-refractivity contribution in [3.05, 3.63) is 99.5 Å². The summed E-state index contributed by atoms with van der Waals surface area (Å²) in [6, 6.07) is 21.9. The van der Waals surface area contributed by atoms with E-state index >= 15 is 0 Å². The van der Waals surface area contributed by atoms with Crippen molar-refractivity contribution in [2.75, 3.05) is 17.1 Å². The van der Waals surface area contributed by atoms with Crippen molar-refractivity contribution in [3.63, 3.8) is 0 Å². The van der Waals surface area contributed by atoms with E-state index in [0.29, 0.717) is 12.1 Å². The molecule has 2 amide bonds. The van der Waals surface area contributed by atoms with Crippen molar-refractivity contribution >= 4 is 43.5 Å². The minimum atomic E-state index is -3.81. The second-order valence-corrected chi connectivity index (χ2v) is 13.7. The second-order valence-electron chi connectivity index (χ2n) is 10.8. The van der Waals surface area contributed by atoms with E-state index in [-0.39, 0.29) is 18.5 Å². The van der Waals surface area contributed by atoms with Crippen LogP contribution in [-0.2, 0) is 32.6 Å². The fourth-order valence-electron chi connectivity index (χ4n) is 5.31. The van der Waals surface area contributed by atoms with Gasteiger partial charge in [-0.15, -0.1) is 0 Å². The number of hydrogen-bond donors (Lipinski definition) is 1. The van der Waals surface area contributed by atoms with Crippen LogP contribution in [0.25, 0.3) is 0 Å². The maximum absolute atomic E-state index is 14.2. The lowest BCUT2D eigenvalue weighted by Gasteiger charge is -2.34. The van der Waals surface area contributed by atoms with Crippen LogP contribution in [0.3, 0.4) is 0 Å². The highest BCUT2D eigenvalue weighted by molar-refractivity contribution is 9.10. The van der Waals surface area contributed by atoms with E-state index in [4.69, 9.17) is 0 Å². The molecular weight excluding hydrogens is 602 g/mol. The monoisotopic (exact) mass is 639 g/mol. The number of carbonyl (C=O) groups excluding carboxylic acids is 2. The fourth-order valence-corrected chi connectivity index (χ4v) is 6.47. The zero-order valence-electron chi connectivity index (χ0n) is 23.8. The molecule has 1 aliphatic carbocycles. The average Bonchev–Trinajstić information content (AvgIpc) is 3.45. The number of anilines is 1. The Balaban J connectivity index is 1.74. The predicted octanol–water partition coefficient (Wildman–Crippen LogP) is 5.53. The maximum atomic E-state index is 14.2. The number of hydrogen-bond acceptors (Lipinski definition) is 4. The molecule has 3 aromatic rings. The summed E-state index contributed by atoms with van der Waals surface area (Å²) in [5.41, 5.74) is 3.92. The molecule has 41 heavy (non-hydrogen) atoms. The highest BCUT2D eigenvalue weighted by Gasteiger charge is 2.34. The third-order valence-corrected chi connectivity index (χ3v) is 9.42. The van der Waals surface area contributed by atoms with E-state index in [1.54, 1.807) is 17.0 Å². The van der Waals surface area contributed by atoms with Gasteiger partial charge in [0.1, 0.15) is 12.6 Å². The van der Waals surface area contributed by atoms with Crippen LogP contribution in [0.5, 0.6) is 0 Å². The van der Waals surface area contributed by atoms with Gasteiger partial charge in [-0.05, 0) is 67.1 Å². The Morgan fingerprint density at radius 3 is 2.22 bits per heavy atom. The lowest BCUT2D eigenvalue weighted by Crippen LogP contribution is -2.54. The van der Waals surface area contributed by atoms with E-state index in [0.717, 1.165) is 63.0 Å². The van der Waals surface area contributed by atoms with Gasteiger partial charge in [0.2, 0.25) is 21.8 Å². The number of rotatable bonds is 11. The maximum Gasteiger partial charge on any atom is 0.244 e. The number of halogens is 1. The first-order valence-corrected chi connectivity index (χ1v) is 16.6. The van der Waals surface area contributed by atoms with Crippen LogP contribution in [0, 0.1) is 13.8 Å². The van der Waals surface area contributed by atoms with Gasteiger partial charge in [0.05, 0.1) is 11.9 Å². The van der Waals surface area contributed by atoms with Crippen molar-refractivity contribution < 1.29 is 18.0 Å². The van der Waals surface area contributed by atoms with Crippen molar-refractivity contribution in [1.82, 2.24) is 10.2 Å². The van der Waals surface area contributed by atoms with Gasteiger partial charge in [-0.25, -0.2) is 8.42 Å². The van der Waals surface area contributed by atoms with E-state index in [1.807, 2.05) is 74.5 Å². The van der Waals surface area contributed by atoms with Gasteiger partial charge in [0, 0.05) is 23.5 Å². The van der Waals surface area contributed by atoms with Gasteiger partial charge in [-0.2, -0.15) is 0 Å². The molecule has 0 spiro atoms. The topological polar surface area (TPSA) is 86.8 Å². The normalized spacial score (nSPS) is 14.4. The van der Waals surface area contributed by atoms with Gasteiger partial charge >= 0.3 is 0 Å². The number of aryl methyl sites for hydroxylation is 1. The van der Waals surface area contributed by atoms with Crippen LogP contribution in [-0.4, -0.2) is 50.0 Å². The number of nitrogens with zero attached hydrogens (tertiary/aromatic N) is 2. The molecule has 0 heterocycles. The fraction of sp³-hybridized carbons (Fsp3) is 0.375. The molecule has 3 aromatic carbocycles. The van der Waals surface area contributed by atoms with Gasteiger partial charge in [0.25, 0.3) is 0 Å². The summed E-state index contributed by atoms with van der Waals surface area (Å²) in [5.74, 6) is -0.661. The molecule has 218 valence electrons. The van der Waals surface area contributed by atoms with Crippen LogP contribution in [0.2, 0.25) is 0 Å². The summed E-state index contributed by atoms with van der Waals surface area (Å²) in [4.78, 5) is 29.7. The molecule has 1 unspecified atom stereocenters. The Kier molecular flexibility index (Phi) is 10.3. The van der Waals surface area contributed by atoms with Crippen LogP contribution in [0.1, 0.15) is 47.9 Å². The molecule has 1 fully saturated rings. The van der Waals surface area contributed by atoms with E-state index in [9.17, 15) is 18.0 Å². The predicted molar refractivity (Wildman–Crippen MR) is 167 cm³/mol. The molecule has 1 N–H and O–H groups in total. The number of carbonyl (C=O) groups is 2. The molecule has 7 nitrogen and oxygen atoms in total. The first-order valence-electron chi connectivity index (χ1n) is 13.9. The Labute approximate surface area is 252 Å². The minimum Gasteiger partial charge on any atom is -0.352 e. The summed E-state index contributed by atoms with van der Waals surface area (Å²) in [5, 5.41) is 3.19. The highest BCUT2D eigenvalue weighted by atomic mass is 79.9. The zero-order chi connectivity index (χ0) is 29.6. The third kappa shape index (κ3) is 8.20. The molecule has 0 saturated heterocycles. The smallest absolute Gasteiger partial charge is 0.244 e. The van der Waals surface area contributed by atoms with Gasteiger partial charge in [0.15, 0.2) is 0 Å². The van der Waals surface area contributed by atoms with Gasteiger partial charge in [-0.1, -0.05) is 83.4 Å². The second kappa shape index (κ2) is 13.7. The minimum absolute atomic E-state index is 0.0767. The SMILES string of the molecule is Cc1cccc(N(CC(=O)N(Cc2ccc(Br)cc2)C(Cc2ccccc2)C(=O)NC2CCCC2)S(C)(=O)=O)c1C. The summed E-state index contributed by atoms with van der Waals surface area (Å²) in [6.07, 6.45) is 5.38. The van der Waals surface area contributed by atoms with Gasteiger partial charge < -0.3 is 10.2 Å². The van der Waals surface area contributed by atoms with Crippen LogP contribution in [0.15, 0.2) is 77.3 Å². The standard InChI is InChI=1S/C32H38BrN3O4S/c1-23-10-9-15-29(24(23)2)36(41(3,39)40)22-31(37)35(21-26-16-18-27(33)19-17-26)30(20-25-11-5-4-6-12-25)32(38)34-28-13-7-8-14-28/h4-6,9-12,15-19,28,30H,7-8,13-14,20-22H2,1-3H3,(H,34,38). The van der Waals surface area contributed by atoms with E-state index in [2.05, 4.69) is 21.2 Å². The van der Waals surface area contributed by atoms with Crippen molar-refractivity contribution in [3.8, 4) is 0 Å². The molecule has 0 aliphatic heterocycles. The molecule has 4 rings (SSSR count). The van der Waals surface area contributed by atoms with Crippen molar-refractivity contribution in [2.45, 2.75) is 64.6 Å². The number of sulfonamides is 1. The van der Waals surface area contributed by atoms with Gasteiger partial charge in [-0.3, -0.25) is 13.9 Å². The molecule has 9 heteroatoms. The van der Waals surface area contributed by atoms with E-state index in [1.165, 1.54) is 0 Å². The largest absolute Gasteiger partial charge is 0.352 e. The first-order chi connectivity index (χ1) is 19.5. The number of nitrogens with one attached hydrogen (secondary N) is 1. The molecule has 1 aliphatic rings. The lowest BCUT2D eigenvalue weighted by atomic mass is 10.0. The summed E-state index contributed by atoms with van der Waals surface area (Å²) in [7, 11) is -3.81. The Bertz CT molecular complexity index is 1460. The molecule has 1 atom stereocenters. The van der Waals surface area contributed by atoms with Crippen LogP contribution in [0.4, 0.5) is 5.69 Å². The zero-order valence-corrected chi connectivity index (χ0v) is 26.2. The summed E-state index contributed by atoms with van der Waals surface area (Å²) < 4.78 is 28.1. The molecule has 1 saturated carbocycles. The lowest BCUT2D eigenvalue weighted by molar-refractivity contribution is -0.140. The molecule has 0 aromatic heterocycles. The van der Waals surface area contributed by atoms with Crippen LogP contribution < -0.4 is 9.62 Å². The Morgan fingerprint density at radius 2 is 1.59 bits per heavy atom. The number of benzene rings is 3. The quantitative estimate of drug-likeness (QED) is 0.299. The average molecular weight is 641 g/mol. The Hall–Kier alpha value is -3.17. The molecular formula is C32H38BrN3O4S. The van der Waals surface area contributed by atoms with Crippen molar-refractivity contribution in [1.29, 1.82) is 0 Å². The highest BCUT2D eigenvalue weighted by Crippen LogP contribution is 2.26. The third-order valence-electron chi connectivity index (χ3n) is 7.76. The summed E-state index contributed by atoms with van der Waals surface area (Å²) >= 11 is 3.46. The summed E-state index contributed by atoms with van der Waals surface area (Å²) in [6.45, 7) is 3.50. The molecule has 0 bridgehead atoms. The number of amides is 2. The van der Waals surface area contributed by atoms with Crippen molar-refractivity contribution in [2.24, 2.45) is 0 Å². The van der Waals surface area contributed by atoms with Crippen LogP contribution >= 0.6 is 15.9 Å². The van der Waals surface area contributed by atoms with E-state index < -0.39 is 28.5 Å². The first kappa shape index (κ1) is 30.8. The Morgan fingerprint density at radius 1 is 0.927 bits per heavy atom.